The first-order valence-corrected chi connectivity index (χ1v) is 7.72. The Balaban J connectivity index is 1.38. The zero-order valence-corrected chi connectivity index (χ0v) is 12.3. The number of nitrogens with zero attached hydrogens (tertiary/aromatic N) is 2. The summed E-state index contributed by atoms with van der Waals surface area (Å²) in [6, 6.07) is 2.84. The quantitative estimate of drug-likeness (QED) is 0.824. The molecule has 112 valence electrons. The molecule has 1 saturated heterocycles. The van der Waals surface area contributed by atoms with Crippen molar-refractivity contribution in [3.63, 3.8) is 0 Å². The number of aromatic nitrogens is 1. The molecule has 0 spiro atoms. The van der Waals surface area contributed by atoms with Crippen LogP contribution in [0.25, 0.3) is 0 Å². The molecule has 2 heterocycles. The Morgan fingerprint density at radius 1 is 1.35 bits per heavy atom. The van der Waals surface area contributed by atoms with Gasteiger partial charge in [0.25, 0.3) is 0 Å². The van der Waals surface area contributed by atoms with Crippen LogP contribution in [0.4, 0.5) is 0 Å². The van der Waals surface area contributed by atoms with Gasteiger partial charge in [0, 0.05) is 25.8 Å². The lowest BCUT2D eigenvalue weighted by molar-refractivity contribution is 0.154. The topological polar surface area (TPSA) is 50.5 Å². The predicted octanol–water partition coefficient (Wildman–Crippen LogP) is 1.78. The molecule has 0 aromatic carbocycles. The van der Waals surface area contributed by atoms with Crippen molar-refractivity contribution >= 4 is 0 Å². The van der Waals surface area contributed by atoms with Crippen LogP contribution in [0.3, 0.4) is 0 Å². The lowest BCUT2D eigenvalue weighted by Crippen LogP contribution is -2.37. The van der Waals surface area contributed by atoms with Gasteiger partial charge in [-0.05, 0) is 51.2 Å². The van der Waals surface area contributed by atoms with Crippen LogP contribution in [0.2, 0.25) is 0 Å². The van der Waals surface area contributed by atoms with E-state index in [2.05, 4.69) is 15.4 Å². The molecule has 5 heteroatoms. The van der Waals surface area contributed by atoms with E-state index in [0.717, 1.165) is 30.0 Å². The Bertz CT molecular complexity index is 409. The average Bonchev–Trinajstić information content (AvgIpc) is 3.19. The number of piperidine rings is 1. The highest BCUT2D eigenvalue weighted by Gasteiger charge is 2.24. The molecule has 1 aromatic heterocycles. The molecule has 0 atom stereocenters. The molecule has 20 heavy (non-hydrogen) atoms. The van der Waals surface area contributed by atoms with Crippen molar-refractivity contribution in [1.82, 2.24) is 15.4 Å². The highest BCUT2D eigenvalue weighted by molar-refractivity contribution is 5.04. The minimum absolute atomic E-state index is 0.502. The highest BCUT2D eigenvalue weighted by Crippen LogP contribution is 2.22. The van der Waals surface area contributed by atoms with Gasteiger partial charge in [-0.2, -0.15) is 0 Å². The number of hydrogen-bond acceptors (Lipinski definition) is 5. The number of rotatable bonds is 7. The molecule has 3 rings (SSSR count). The molecule has 1 N–H and O–H groups in total. The van der Waals surface area contributed by atoms with Gasteiger partial charge in [-0.25, -0.2) is 0 Å². The molecule has 0 bridgehead atoms. The van der Waals surface area contributed by atoms with Crippen LogP contribution in [0.5, 0.6) is 0 Å². The second-order valence-electron chi connectivity index (χ2n) is 6.12. The minimum Gasteiger partial charge on any atom is -0.377 e. The first-order valence-electron chi connectivity index (χ1n) is 7.72. The summed E-state index contributed by atoms with van der Waals surface area (Å²) in [5.41, 5.74) is 1.02. The lowest BCUT2D eigenvalue weighted by atomic mass is 9.96. The summed E-state index contributed by atoms with van der Waals surface area (Å²) in [6.45, 7) is 4.95. The molecule has 1 aliphatic heterocycles. The van der Waals surface area contributed by atoms with Crippen LogP contribution in [0.15, 0.2) is 10.6 Å². The standard InChI is InChI=1S/C15H25N3O2/c1-19-11-15-8-14(17-20-15)10-18-6-4-12(5-7-18)9-16-13-2-3-13/h8,12-13,16H,2-7,9-11H2,1H3. The molecule has 0 amide bonds. The van der Waals surface area contributed by atoms with E-state index >= 15 is 0 Å². The van der Waals surface area contributed by atoms with Gasteiger partial charge in [-0.1, -0.05) is 5.16 Å². The van der Waals surface area contributed by atoms with E-state index in [0.29, 0.717) is 6.61 Å². The van der Waals surface area contributed by atoms with Crippen molar-refractivity contribution in [2.24, 2.45) is 5.92 Å². The third-order valence-electron chi connectivity index (χ3n) is 4.26. The molecule has 1 aliphatic carbocycles. The van der Waals surface area contributed by atoms with Gasteiger partial charge in [-0.3, -0.25) is 4.90 Å². The molecule has 0 radical (unpaired) electrons. The Morgan fingerprint density at radius 3 is 2.85 bits per heavy atom. The fourth-order valence-electron chi connectivity index (χ4n) is 2.84. The molecule has 0 unspecified atom stereocenters. The zero-order chi connectivity index (χ0) is 13.8. The first kappa shape index (κ1) is 14.0. The summed E-state index contributed by atoms with van der Waals surface area (Å²) in [7, 11) is 1.67. The second kappa shape index (κ2) is 6.70. The van der Waals surface area contributed by atoms with Gasteiger partial charge in [0.05, 0.1) is 5.69 Å². The summed E-state index contributed by atoms with van der Waals surface area (Å²) < 4.78 is 10.3. The van der Waals surface area contributed by atoms with Crippen LogP contribution >= 0.6 is 0 Å². The van der Waals surface area contributed by atoms with Gasteiger partial charge in [0.1, 0.15) is 6.61 Å². The normalized spacial score (nSPS) is 21.4. The molecule has 1 saturated carbocycles. The monoisotopic (exact) mass is 279 g/mol. The number of ether oxygens (including phenoxy) is 1. The fourth-order valence-corrected chi connectivity index (χ4v) is 2.84. The van der Waals surface area contributed by atoms with Crippen LogP contribution in [-0.2, 0) is 17.9 Å². The van der Waals surface area contributed by atoms with Crippen LogP contribution < -0.4 is 5.32 Å². The van der Waals surface area contributed by atoms with E-state index in [1.165, 1.54) is 45.3 Å². The number of nitrogens with one attached hydrogen (secondary N) is 1. The smallest absolute Gasteiger partial charge is 0.162 e. The number of hydrogen-bond donors (Lipinski definition) is 1. The summed E-state index contributed by atoms with van der Waals surface area (Å²) in [6.07, 6.45) is 5.36. The van der Waals surface area contributed by atoms with E-state index in [4.69, 9.17) is 9.26 Å². The van der Waals surface area contributed by atoms with E-state index < -0.39 is 0 Å². The van der Waals surface area contributed by atoms with Crippen molar-refractivity contribution < 1.29 is 9.26 Å². The second-order valence-corrected chi connectivity index (χ2v) is 6.12. The maximum atomic E-state index is 5.23. The Kier molecular flexibility index (Phi) is 4.70. The summed E-state index contributed by atoms with van der Waals surface area (Å²) in [5.74, 6) is 1.67. The van der Waals surface area contributed by atoms with E-state index in [1.54, 1.807) is 7.11 Å². The van der Waals surface area contributed by atoms with Crippen molar-refractivity contribution in [1.29, 1.82) is 0 Å². The van der Waals surface area contributed by atoms with Gasteiger partial charge < -0.3 is 14.6 Å². The maximum Gasteiger partial charge on any atom is 0.162 e. The summed E-state index contributed by atoms with van der Waals surface area (Å²) in [4.78, 5) is 2.47. The maximum absolute atomic E-state index is 5.23. The third-order valence-corrected chi connectivity index (χ3v) is 4.26. The Morgan fingerprint density at radius 2 is 2.15 bits per heavy atom. The summed E-state index contributed by atoms with van der Waals surface area (Å²) >= 11 is 0. The lowest BCUT2D eigenvalue weighted by Gasteiger charge is -2.31. The van der Waals surface area contributed by atoms with E-state index in [-0.39, 0.29) is 0 Å². The van der Waals surface area contributed by atoms with Crippen molar-refractivity contribution in [2.75, 3.05) is 26.7 Å². The van der Waals surface area contributed by atoms with Crippen LogP contribution in [0, 0.1) is 5.92 Å². The van der Waals surface area contributed by atoms with E-state index in [9.17, 15) is 0 Å². The third kappa shape index (κ3) is 4.04. The van der Waals surface area contributed by atoms with Crippen LogP contribution in [-0.4, -0.2) is 42.8 Å². The van der Waals surface area contributed by atoms with Crippen molar-refractivity contribution in [2.45, 2.75) is 44.9 Å². The minimum atomic E-state index is 0.502. The number of methoxy groups -OCH3 is 1. The molecular formula is C15H25N3O2. The zero-order valence-electron chi connectivity index (χ0n) is 12.3. The van der Waals surface area contributed by atoms with Crippen LogP contribution in [0.1, 0.15) is 37.1 Å². The fraction of sp³-hybridized carbons (Fsp3) is 0.800. The van der Waals surface area contributed by atoms with Crippen molar-refractivity contribution in [3.8, 4) is 0 Å². The molecular weight excluding hydrogens is 254 g/mol. The van der Waals surface area contributed by atoms with Gasteiger partial charge in [0.15, 0.2) is 5.76 Å². The van der Waals surface area contributed by atoms with Gasteiger partial charge in [-0.15, -0.1) is 0 Å². The molecule has 1 aromatic rings. The van der Waals surface area contributed by atoms with Gasteiger partial charge >= 0.3 is 0 Å². The summed E-state index contributed by atoms with van der Waals surface area (Å²) in [5, 5.41) is 7.76. The molecule has 5 nitrogen and oxygen atoms in total. The average molecular weight is 279 g/mol. The SMILES string of the molecule is COCc1cc(CN2CCC(CNC3CC3)CC2)no1. The van der Waals surface area contributed by atoms with Crippen molar-refractivity contribution in [3.05, 3.63) is 17.5 Å². The predicted molar refractivity (Wildman–Crippen MR) is 76.2 cm³/mol. The largest absolute Gasteiger partial charge is 0.377 e. The molecule has 2 fully saturated rings. The first-order chi connectivity index (χ1) is 9.83. The Hall–Kier alpha value is -0.910. The van der Waals surface area contributed by atoms with E-state index in [1.807, 2.05) is 6.07 Å². The van der Waals surface area contributed by atoms with Gasteiger partial charge in [0.2, 0.25) is 0 Å². The Labute approximate surface area is 120 Å². The highest BCUT2D eigenvalue weighted by atomic mass is 16.5. The molecule has 2 aliphatic rings. The number of likely N-dealkylation sites (tertiary alicyclic amines) is 1.